The second-order valence-electron chi connectivity index (χ2n) is 4.76. The average molecular weight is 288 g/mol. The Bertz CT molecular complexity index is 496. The highest BCUT2D eigenvalue weighted by Crippen LogP contribution is 2.28. The molecule has 2 rings (SSSR count). The van der Waals surface area contributed by atoms with Crippen LogP contribution in [-0.2, 0) is 16.6 Å². The zero-order chi connectivity index (χ0) is 13.2. The molecule has 102 valence electrons. The van der Waals surface area contributed by atoms with Crippen LogP contribution in [-0.4, -0.2) is 32.4 Å². The molecule has 1 atom stereocenters. The number of thiophene rings is 1. The lowest BCUT2D eigenvalue weighted by Crippen LogP contribution is -2.27. The predicted molar refractivity (Wildman–Crippen MR) is 74.2 cm³/mol. The van der Waals surface area contributed by atoms with Gasteiger partial charge in [0, 0.05) is 24.5 Å². The Morgan fingerprint density at radius 3 is 2.89 bits per heavy atom. The largest absolute Gasteiger partial charge is 0.312 e. The minimum absolute atomic E-state index is 0.473. The number of hydrogen-bond acceptors (Lipinski definition) is 4. The normalized spacial score (nSPS) is 21.6. The molecule has 0 aromatic carbocycles. The van der Waals surface area contributed by atoms with Gasteiger partial charge in [0.2, 0.25) is 0 Å². The summed E-state index contributed by atoms with van der Waals surface area (Å²) < 4.78 is 26.9. The van der Waals surface area contributed by atoms with Crippen LogP contribution in [0.2, 0.25) is 0 Å². The molecule has 4 nitrogen and oxygen atoms in total. The lowest BCUT2D eigenvalue weighted by molar-refractivity contribution is 0.466. The Balaban J connectivity index is 2.12. The van der Waals surface area contributed by atoms with Crippen molar-refractivity contribution in [3.8, 4) is 0 Å². The molecule has 1 aromatic rings. The van der Waals surface area contributed by atoms with Crippen molar-refractivity contribution in [2.45, 2.75) is 31.0 Å². The molecule has 1 aliphatic rings. The van der Waals surface area contributed by atoms with Crippen LogP contribution < -0.4 is 5.32 Å². The van der Waals surface area contributed by atoms with Gasteiger partial charge in [0.1, 0.15) is 4.21 Å². The van der Waals surface area contributed by atoms with Gasteiger partial charge in [-0.15, -0.1) is 11.3 Å². The van der Waals surface area contributed by atoms with Crippen LogP contribution >= 0.6 is 11.3 Å². The Morgan fingerprint density at radius 2 is 2.28 bits per heavy atom. The fraction of sp³-hybridized carbons (Fsp3) is 0.667. The number of nitrogens with one attached hydrogen (secondary N) is 1. The predicted octanol–water partition coefficient (Wildman–Crippen LogP) is 1.89. The molecule has 0 radical (unpaired) electrons. The fourth-order valence-corrected chi connectivity index (χ4v) is 5.13. The van der Waals surface area contributed by atoms with Gasteiger partial charge in [-0.1, -0.05) is 13.8 Å². The second kappa shape index (κ2) is 5.69. The van der Waals surface area contributed by atoms with Gasteiger partial charge < -0.3 is 5.32 Å². The first-order valence-electron chi connectivity index (χ1n) is 6.33. The maximum Gasteiger partial charge on any atom is 0.252 e. The molecular formula is C12H20N2O2S2. The van der Waals surface area contributed by atoms with E-state index in [1.807, 2.05) is 13.0 Å². The van der Waals surface area contributed by atoms with E-state index < -0.39 is 10.0 Å². The first-order valence-corrected chi connectivity index (χ1v) is 8.59. The van der Waals surface area contributed by atoms with E-state index in [0.717, 1.165) is 24.4 Å². The Labute approximate surface area is 113 Å². The molecule has 1 aromatic heterocycles. The van der Waals surface area contributed by atoms with E-state index in [-0.39, 0.29) is 0 Å². The summed E-state index contributed by atoms with van der Waals surface area (Å²) in [4.78, 5) is 1.07. The van der Waals surface area contributed by atoms with E-state index in [2.05, 4.69) is 12.2 Å². The molecular weight excluding hydrogens is 268 g/mol. The van der Waals surface area contributed by atoms with Gasteiger partial charge in [0.05, 0.1) is 0 Å². The summed E-state index contributed by atoms with van der Waals surface area (Å²) in [6.07, 6.45) is 0.967. The summed E-state index contributed by atoms with van der Waals surface area (Å²) in [5.41, 5.74) is 0. The zero-order valence-corrected chi connectivity index (χ0v) is 12.5. The summed E-state index contributed by atoms with van der Waals surface area (Å²) in [6.45, 7) is 7.08. The minimum atomic E-state index is -3.25. The smallest absolute Gasteiger partial charge is 0.252 e. The van der Waals surface area contributed by atoms with E-state index in [4.69, 9.17) is 0 Å². The van der Waals surface area contributed by atoms with Gasteiger partial charge >= 0.3 is 0 Å². The van der Waals surface area contributed by atoms with Gasteiger partial charge in [-0.05, 0) is 31.0 Å². The number of rotatable bonds is 5. The van der Waals surface area contributed by atoms with Crippen LogP contribution in [0, 0.1) is 5.92 Å². The van der Waals surface area contributed by atoms with Gasteiger partial charge in [-0.3, -0.25) is 0 Å². The Kier molecular flexibility index (Phi) is 4.42. The molecule has 1 aliphatic heterocycles. The fourth-order valence-electron chi connectivity index (χ4n) is 2.08. The average Bonchev–Trinajstić information content (AvgIpc) is 2.95. The molecule has 1 unspecified atom stereocenters. The third kappa shape index (κ3) is 2.93. The van der Waals surface area contributed by atoms with Crippen LogP contribution in [0.15, 0.2) is 16.3 Å². The Morgan fingerprint density at radius 1 is 1.50 bits per heavy atom. The molecule has 0 aliphatic carbocycles. The van der Waals surface area contributed by atoms with Gasteiger partial charge in [-0.25, -0.2) is 8.42 Å². The van der Waals surface area contributed by atoms with Gasteiger partial charge in [-0.2, -0.15) is 4.31 Å². The third-order valence-corrected chi connectivity index (χ3v) is 6.58. The van der Waals surface area contributed by atoms with E-state index in [1.165, 1.54) is 11.3 Å². The third-order valence-electron chi connectivity index (χ3n) is 3.17. The van der Waals surface area contributed by atoms with Crippen LogP contribution in [0.3, 0.4) is 0 Å². The molecule has 6 heteroatoms. The quantitative estimate of drug-likeness (QED) is 0.900. The highest BCUT2D eigenvalue weighted by atomic mass is 32.2. The summed E-state index contributed by atoms with van der Waals surface area (Å²) in [5, 5.41) is 3.21. The molecule has 18 heavy (non-hydrogen) atoms. The molecule has 2 heterocycles. The monoisotopic (exact) mass is 288 g/mol. The lowest BCUT2D eigenvalue weighted by atomic mass is 10.2. The van der Waals surface area contributed by atoms with Crippen molar-refractivity contribution in [3.63, 3.8) is 0 Å². The van der Waals surface area contributed by atoms with E-state index in [0.29, 0.717) is 23.2 Å². The van der Waals surface area contributed by atoms with Crippen molar-refractivity contribution in [2.24, 2.45) is 5.92 Å². The summed E-state index contributed by atoms with van der Waals surface area (Å²) in [5.74, 6) is 0.473. The van der Waals surface area contributed by atoms with E-state index in [9.17, 15) is 8.42 Å². The van der Waals surface area contributed by atoms with Crippen LogP contribution in [0.1, 0.15) is 25.1 Å². The van der Waals surface area contributed by atoms with Crippen LogP contribution in [0.25, 0.3) is 0 Å². The van der Waals surface area contributed by atoms with E-state index in [1.54, 1.807) is 10.4 Å². The molecule has 0 amide bonds. The van der Waals surface area contributed by atoms with E-state index >= 15 is 0 Å². The van der Waals surface area contributed by atoms with Crippen molar-refractivity contribution in [2.75, 3.05) is 19.6 Å². The molecule has 1 saturated heterocycles. The highest BCUT2D eigenvalue weighted by Gasteiger charge is 2.31. The summed E-state index contributed by atoms with van der Waals surface area (Å²) in [6, 6.07) is 3.63. The number of hydrogen-bond donors (Lipinski definition) is 1. The zero-order valence-electron chi connectivity index (χ0n) is 10.8. The molecule has 0 bridgehead atoms. The highest BCUT2D eigenvalue weighted by molar-refractivity contribution is 7.91. The lowest BCUT2D eigenvalue weighted by Gasteiger charge is -2.14. The van der Waals surface area contributed by atoms with Crippen molar-refractivity contribution >= 4 is 21.4 Å². The summed E-state index contributed by atoms with van der Waals surface area (Å²) in [7, 11) is -3.25. The topological polar surface area (TPSA) is 49.4 Å². The van der Waals surface area contributed by atoms with Crippen molar-refractivity contribution in [1.29, 1.82) is 0 Å². The minimum Gasteiger partial charge on any atom is -0.312 e. The molecule has 1 N–H and O–H groups in total. The molecule has 1 fully saturated rings. The maximum absolute atomic E-state index is 12.4. The number of sulfonamides is 1. The summed E-state index contributed by atoms with van der Waals surface area (Å²) >= 11 is 1.38. The molecule has 0 saturated carbocycles. The number of nitrogens with zero attached hydrogens (tertiary/aromatic N) is 1. The SMILES string of the molecule is CCNCc1ccc(S(=O)(=O)N2CCC(C)C2)s1. The first-order chi connectivity index (χ1) is 8.54. The maximum atomic E-state index is 12.4. The van der Waals surface area contributed by atoms with Crippen molar-refractivity contribution in [3.05, 3.63) is 17.0 Å². The molecule has 0 spiro atoms. The first kappa shape index (κ1) is 14.0. The van der Waals surface area contributed by atoms with Gasteiger partial charge in [0.25, 0.3) is 10.0 Å². The standard InChI is InChI=1S/C12H20N2O2S2/c1-3-13-8-11-4-5-12(17-11)18(15,16)14-7-6-10(2)9-14/h4-5,10,13H,3,6-9H2,1-2H3. The second-order valence-corrected chi connectivity index (χ2v) is 8.09. The van der Waals surface area contributed by atoms with Crippen LogP contribution in [0.4, 0.5) is 0 Å². The van der Waals surface area contributed by atoms with Crippen molar-refractivity contribution < 1.29 is 8.42 Å². The van der Waals surface area contributed by atoms with Gasteiger partial charge in [0.15, 0.2) is 0 Å². The Hall–Kier alpha value is -0.430. The van der Waals surface area contributed by atoms with Crippen molar-refractivity contribution in [1.82, 2.24) is 9.62 Å². The van der Waals surface area contributed by atoms with Crippen LogP contribution in [0.5, 0.6) is 0 Å².